The summed E-state index contributed by atoms with van der Waals surface area (Å²) in [5.74, 6) is 3.41. The second-order valence-electron chi connectivity index (χ2n) is 8.88. The summed E-state index contributed by atoms with van der Waals surface area (Å²) in [7, 11) is 1.65. The van der Waals surface area contributed by atoms with E-state index in [4.69, 9.17) is 18.9 Å². The number of methoxy groups -OCH3 is 1. The van der Waals surface area contributed by atoms with Crippen molar-refractivity contribution in [3.63, 3.8) is 0 Å². The number of hydrazine groups is 1. The number of nitrogens with one attached hydrogen (secondary N) is 2. The summed E-state index contributed by atoms with van der Waals surface area (Å²) in [4.78, 5) is 0. The molecule has 1 fully saturated rings. The van der Waals surface area contributed by atoms with Crippen LogP contribution in [-0.4, -0.2) is 32.0 Å². The highest BCUT2D eigenvalue weighted by Gasteiger charge is 2.33. The van der Waals surface area contributed by atoms with Crippen LogP contribution in [0, 0.1) is 0 Å². The van der Waals surface area contributed by atoms with Crippen molar-refractivity contribution < 1.29 is 24.1 Å². The van der Waals surface area contributed by atoms with Crippen LogP contribution in [0.15, 0.2) is 54.6 Å². The molecule has 7 heteroatoms. The van der Waals surface area contributed by atoms with Crippen LogP contribution >= 0.6 is 0 Å². The number of ether oxygens (including phenoxy) is 4. The van der Waals surface area contributed by atoms with Gasteiger partial charge in [-0.1, -0.05) is 25.1 Å². The topological polar surface area (TPSA) is 81.2 Å². The second-order valence-corrected chi connectivity index (χ2v) is 8.88. The first-order valence-corrected chi connectivity index (χ1v) is 12.2. The summed E-state index contributed by atoms with van der Waals surface area (Å²) in [5, 5.41) is 11.0. The molecule has 1 saturated heterocycles. The van der Waals surface area contributed by atoms with E-state index < -0.39 is 0 Å². The van der Waals surface area contributed by atoms with Crippen molar-refractivity contribution in [2.24, 2.45) is 0 Å². The number of aryl methyl sites for hydroxylation is 1. The fraction of sp³-hybridized carbons (Fsp3) is 0.357. The number of rotatable bonds is 7. The van der Waals surface area contributed by atoms with Gasteiger partial charge in [0.25, 0.3) is 0 Å². The Balaban J connectivity index is 1.37. The Morgan fingerprint density at radius 3 is 2.57 bits per heavy atom. The Morgan fingerprint density at radius 1 is 1.00 bits per heavy atom. The van der Waals surface area contributed by atoms with Crippen LogP contribution in [0.4, 0.5) is 0 Å². The van der Waals surface area contributed by atoms with E-state index in [9.17, 15) is 5.11 Å². The molecule has 0 aliphatic carbocycles. The Bertz CT molecular complexity index is 1160. The van der Waals surface area contributed by atoms with E-state index in [1.54, 1.807) is 13.2 Å². The van der Waals surface area contributed by atoms with E-state index in [1.807, 2.05) is 30.3 Å². The molecule has 3 aromatic rings. The van der Waals surface area contributed by atoms with Gasteiger partial charge in [-0.25, -0.2) is 5.43 Å². The summed E-state index contributed by atoms with van der Waals surface area (Å²) in [6.45, 7) is 4.57. The molecule has 3 N–H and O–H groups in total. The molecule has 0 radical (unpaired) electrons. The summed E-state index contributed by atoms with van der Waals surface area (Å²) in [6.07, 6.45) is 1.67. The highest BCUT2D eigenvalue weighted by atomic mass is 16.5. The van der Waals surface area contributed by atoms with Crippen LogP contribution in [0.2, 0.25) is 0 Å². The maximum absolute atomic E-state index is 11.0. The standard InChI is InChI=1S/C28H32N2O5/c1-3-19-13-22(24(31)15-26(19)35-17-18-5-8-21(32-2)9-6-18)28-23(16-29-30-28)20-7-10-25-27(14-20)34-12-4-11-33-25/h5-10,13-15,23,28-31H,3-4,11-12,16-17H2,1-2H3. The van der Waals surface area contributed by atoms with Gasteiger partial charge in [-0.05, 0) is 53.4 Å². The minimum Gasteiger partial charge on any atom is -0.507 e. The average molecular weight is 477 g/mol. The SMILES string of the molecule is CCc1cc(C2NNCC2c2ccc3c(c2)OCCCO3)c(O)cc1OCc1ccc(OC)cc1. The number of hydrogen-bond acceptors (Lipinski definition) is 7. The van der Waals surface area contributed by atoms with Crippen LogP contribution in [0.1, 0.15) is 47.6 Å². The van der Waals surface area contributed by atoms with Crippen molar-refractivity contribution in [2.75, 3.05) is 26.9 Å². The molecule has 35 heavy (non-hydrogen) atoms. The van der Waals surface area contributed by atoms with Gasteiger partial charge in [0.2, 0.25) is 0 Å². The van der Waals surface area contributed by atoms with Crippen LogP contribution in [0.3, 0.4) is 0 Å². The third-order valence-electron chi connectivity index (χ3n) is 6.66. The maximum Gasteiger partial charge on any atom is 0.161 e. The summed E-state index contributed by atoms with van der Waals surface area (Å²) < 4.78 is 23.0. The zero-order chi connectivity index (χ0) is 24.2. The maximum atomic E-state index is 11.0. The number of benzene rings is 3. The van der Waals surface area contributed by atoms with Gasteiger partial charge in [-0.3, -0.25) is 5.43 Å². The number of phenolic OH excluding ortho intramolecular Hbond substituents is 1. The molecule has 7 nitrogen and oxygen atoms in total. The molecular weight excluding hydrogens is 444 g/mol. The summed E-state index contributed by atoms with van der Waals surface area (Å²) in [6, 6.07) is 17.6. The zero-order valence-corrected chi connectivity index (χ0v) is 20.2. The predicted octanol–water partition coefficient (Wildman–Crippen LogP) is 4.64. The van der Waals surface area contributed by atoms with Crippen LogP contribution in [-0.2, 0) is 13.0 Å². The molecule has 0 amide bonds. The van der Waals surface area contributed by atoms with E-state index in [1.165, 1.54) is 0 Å². The van der Waals surface area contributed by atoms with Gasteiger partial charge in [-0.2, -0.15) is 0 Å². The molecule has 0 bridgehead atoms. The number of fused-ring (bicyclic) bond motifs is 1. The van der Waals surface area contributed by atoms with Crippen molar-refractivity contribution >= 4 is 0 Å². The van der Waals surface area contributed by atoms with Crippen molar-refractivity contribution in [1.29, 1.82) is 0 Å². The van der Waals surface area contributed by atoms with E-state index in [0.29, 0.717) is 25.6 Å². The lowest BCUT2D eigenvalue weighted by Gasteiger charge is -2.23. The lowest BCUT2D eigenvalue weighted by atomic mass is 9.87. The van der Waals surface area contributed by atoms with Crippen molar-refractivity contribution in [3.05, 3.63) is 76.9 Å². The molecule has 184 valence electrons. The largest absolute Gasteiger partial charge is 0.507 e. The lowest BCUT2D eigenvalue weighted by Crippen LogP contribution is -2.25. The van der Waals surface area contributed by atoms with Gasteiger partial charge in [0.15, 0.2) is 11.5 Å². The zero-order valence-electron chi connectivity index (χ0n) is 20.2. The van der Waals surface area contributed by atoms with E-state index in [0.717, 1.165) is 58.9 Å². The van der Waals surface area contributed by atoms with Crippen LogP contribution in [0.5, 0.6) is 28.7 Å². The Kier molecular flexibility index (Phi) is 6.97. The minimum atomic E-state index is -0.0966. The molecule has 2 aliphatic rings. The molecule has 2 unspecified atom stereocenters. The van der Waals surface area contributed by atoms with E-state index >= 15 is 0 Å². The predicted molar refractivity (Wildman–Crippen MR) is 133 cm³/mol. The molecular formula is C28H32N2O5. The monoisotopic (exact) mass is 476 g/mol. The van der Waals surface area contributed by atoms with Crippen LogP contribution in [0.25, 0.3) is 0 Å². The Labute approximate surface area is 206 Å². The third-order valence-corrected chi connectivity index (χ3v) is 6.66. The van der Waals surface area contributed by atoms with Gasteiger partial charge in [-0.15, -0.1) is 0 Å². The van der Waals surface area contributed by atoms with Gasteiger partial charge < -0.3 is 24.1 Å². The molecule has 0 aromatic heterocycles. The minimum absolute atomic E-state index is 0.0966. The average Bonchev–Trinajstić information content (AvgIpc) is 3.25. The van der Waals surface area contributed by atoms with Gasteiger partial charge in [0.1, 0.15) is 23.9 Å². The molecule has 2 aliphatic heterocycles. The number of aromatic hydroxyl groups is 1. The van der Waals surface area contributed by atoms with Gasteiger partial charge in [0, 0.05) is 30.5 Å². The summed E-state index contributed by atoms with van der Waals surface area (Å²) in [5.41, 5.74) is 10.7. The Hall–Kier alpha value is -3.42. The van der Waals surface area contributed by atoms with Crippen molar-refractivity contribution in [1.82, 2.24) is 10.9 Å². The highest BCUT2D eigenvalue weighted by Crippen LogP contribution is 2.42. The second kappa shape index (κ2) is 10.5. The van der Waals surface area contributed by atoms with Gasteiger partial charge in [0.05, 0.1) is 26.4 Å². The highest BCUT2D eigenvalue weighted by molar-refractivity contribution is 5.50. The molecule has 0 spiro atoms. The fourth-order valence-corrected chi connectivity index (χ4v) is 4.69. The Morgan fingerprint density at radius 2 is 1.80 bits per heavy atom. The normalized spacial score (nSPS) is 19.3. The van der Waals surface area contributed by atoms with E-state index in [2.05, 4.69) is 36.0 Å². The van der Waals surface area contributed by atoms with Gasteiger partial charge >= 0.3 is 0 Å². The molecule has 0 saturated carbocycles. The molecule has 2 atom stereocenters. The van der Waals surface area contributed by atoms with E-state index in [-0.39, 0.29) is 17.7 Å². The smallest absolute Gasteiger partial charge is 0.161 e. The lowest BCUT2D eigenvalue weighted by molar-refractivity contribution is 0.297. The molecule has 3 aromatic carbocycles. The first-order valence-electron chi connectivity index (χ1n) is 12.2. The first-order chi connectivity index (χ1) is 17.2. The van der Waals surface area contributed by atoms with Crippen molar-refractivity contribution in [2.45, 2.75) is 38.3 Å². The van der Waals surface area contributed by atoms with Crippen molar-refractivity contribution in [3.8, 4) is 28.7 Å². The summed E-state index contributed by atoms with van der Waals surface area (Å²) >= 11 is 0. The molecule has 5 rings (SSSR count). The quantitative estimate of drug-likeness (QED) is 0.459. The molecule has 2 heterocycles. The third kappa shape index (κ3) is 5.01. The number of phenols is 1. The fourth-order valence-electron chi connectivity index (χ4n) is 4.69. The van der Waals surface area contributed by atoms with Crippen LogP contribution < -0.4 is 29.8 Å². The number of hydrogen-bond donors (Lipinski definition) is 3. The first kappa shape index (κ1) is 23.3.